The van der Waals surface area contributed by atoms with Crippen LogP contribution in [0.15, 0.2) is 78.9 Å². The molecule has 0 atom stereocenters. The normalized spacial score (nSPS) is 10.7. The van der Waals surface area contributed by atoms with E-state index in [9.17, 15) is 4.79 Å². The molecule has 0 unspecified atom stereocenters. The van der Waals surface area contributed by atoms with E-state index in [0.29, 0.717) is 17.9 Å². The van der Waals surface area contributed by atoms with Crippen molar-refractivity contribution in [3.05, 3.63) is 101 Å². The SMILES string of the molecule is COc1ccccc1Cn1c(C)c(C(N)=O)c(-c2cccc(Oc3ccccc3)c2)c1C. The number of benzene rings is 3. The van der Waals surface area contributed by atoms with Crippen LogP contribution in [0.2, 0.25) is 0 Å². The number of nitrogens with zero attached hydrogens (tertiary/aromatic N) is 1. The van der Waals surface area contributed by atoms with Crippen LogP contribution in [0, 0.1) is 13.8 Å². The molecule has 0 radical (unpaired) electrons. The number of hydrogen-bond acceptors (Lipinski definition) is 3. The van der Waals surface area contributed by atoms with Gasteiger partial charge in [0.2, 0.25) is 0 Å². The minimum Gasteiger partial charge on any atom is -0.496 e. The van der Waals surface area contributed by atoms with Gasteiger partial charge in [0.05, 0.1) is 19.2 Å². The number of ether oxygens (including phenoxy) is 2. The van der Waals surface area contributed by atoms with Gasteiger partial charge in [-0.05, 0) is 49.7 Å². The van der Waals surface area contributed by atoms with Crippen molar-refractivity contribution < 1.29 is 14.3 Å². The van der Waals surface area contributed by atoms with E-state index < -0.39 is 5.91 Å². The summed E-state index contributed by atoms with van der Waals surface area (Å²) in [6, 6.07) is 25.2. The van der Waals surface area contributed by atoms with Crippen molar-refractivity contribution in [3.8, 4) is 28.4 Å². The second-order valence-corrected chi connectivity index (χ2v) is 7.63. The average Bonchev–Trinajstić information content (AvgIpc) is 3.05. The number of amides is 1. The lowest BCUT2D eigenvalue weighted by molar-refractivity contribution is 0.1000. The van der Waals surface area contributed by atoms with Gasteiger partial charge in [-0.15, -0.1) is 0 Å². The van der Waals surface area contributed by atoms with Crippen molar-refractivity contribution in [2.24, 2.45) is 5.73 Å². The van der Waals surface area contributed by atoms with Gasteiger partial charge in [-0.3, -0.25) is 4.79 Å². The van der Waals surface area contributed by atoms with E-state index >= 15 is 0 Å². The quantitative estimate of drug-likeness (QED) is 0.411. The molecule has 1 heterocycles. The van der Waals surface area contributed by atoms with Gasteiger partial charge in [0.1, 0.15) is 17.2 Å². The van der Waals surface area contributed by atoms with Crippen LogP contribution in [-0.4, -0.2) is 17.6 Å². The Hall–Kier alpha value is -3.99. The van der Waals surface area contributed by atoms with E-state index in [1.807, 2.05) is 92.7 Å². The molecule has 4 rings (SSSR count). The third kappa shape index (κ3) is 4.10. The summed E-state index contributed by atoms with van der Waals surface area (Å²) in [5.41, 5.74) is 10.9. The molecule has 32 heavy (non-hydrogen) atoms. The van der Waals surface area contributed by atoms with Crippen LogP contribution in [0.25, 0.3) is 11.1 Å². The zero-order valence-corrected chi connectivity index (χ0v) is 18.5. The lowest BCUT2D eigenvalue weighted by Crippen LogP contribution is -2.13. The Balaban J connectivity index is 1.79. The van der Waals surface area contributed by atoms with E-state index in [1.165, 1.54) is 0 Å². The molecular weight excluding hydrogens is 400 g/mol. The average molecular weight is 427 g/mol. The molecule has 0 saturated carbocycles. The fourth-order valence-electron chi connectivity index (χ4n) is 4.12. The molecule has 0 aliphatic rings. The van der Waals surface area contributed by atoms with E-state index in [0.717, 1.165) is 39.6 Å². The fourth-order valence-corrected chi connectivity index (χ4v) is 4.12. The number of para-hydroxylation sites is 2. The lowest BCUT2D eigenvalue weighted by Gasteiger charge is -2.13. The summed E-state index contributed by atoms with van der Waals surface area (Å²) in [4.78, 5) is 12.5. The predicted molar refractivity (Wildman–Crippen MR) is 126 cm³/mol. The van der Waals surface area contributed by atoms with E-state index in [2.05, 4.69) is 4.57 Å². The van der Waals surface area contributed by atoms with Crippen LogP contribution < -0.4 is 15.2 Å². The Morgan fingerprint density at radius 3 is 2.28 bits per heavy atom. The number of carbonyl (C=O) groups excluding carboxylic acids is 1. The first kappa shape index (κ1) is 21.2. The maximum absolute atomic E-state index is 12.5. The van der Waals surface area contributed by atoms with Gasteiger partial charge in [-0.25, -0.2) is 0 Å². The molecule has 1 aromatic heterocycles. The molecule has 5 heteroatoms. The standard InChI is InChI=1S/C27H26N2O3/c1-18-25(20-11-9-14-23(16-20)32-22-12-5-4-6-13-22)26(27(28)30)19(2)29(18)17-21-10-7-8-15-24(21)31-3/h4-16H,17H2,1-3H3,(H2,28,30). The molecule has 0 aliphatic carbocycles. The number of rotatable bonds is 7. The lowest BCUT2D eigenvalue weighted by atomic mass is 10.00. The summed E-state index contributed by atoms with van der Waals surface area (Å²) in [6.45, 7) is 4.51. The first-order valence-electron chi connectivity index (χ1n) is 10.4. The molecule has 0 saturated heterocycles. The summed E-state index contributed by atoms with van der Waals surface area (Å²) in [5.74, 6) is 1.80. The zero-order chi connectivity index (χ0) is 22.7. The highest BCUT2D eigenvalue weighted by Crippen LogP contribution is 2.36. The van der Waals surface area contributed by atoms with Crippen LogP contribution in [0.3, 0.4) is 0 Å². The second kappa shape index (κ2) is 9.02. The van der Waals surface area contributed by atoms with Crippen molar-refractivity contribution in [3.63, 3.8) is 0 Å². The molecule has 0 fully saturated rings. The van der Waals surface area contributed by atoms with E-state index in [-0.39, 0.29) is 0 Å². The minimum absolute atomic E-state index is 0.450. The number of methoxy groups -OCH3 is 1. The molecule has 1 amide bonds. The molecule has 0 spiro atoms. The molecule has 4 aromatic rings. The topological polar surface area (TPSA) is 66.5 Å². The first-order valence-corrected chi connectivity index (χ1v) is 10.4. The van der Waals surface area contributed by atoms with Crippen LogP contribution in [0.1, 0.15) is 27.3 Å². The van der Waals surface area contributed by atoms with Crippen LogP contribution in [0.5, 0.6) is 17.2 Å². The number of primary amides is 1. The highest BCUT2D eigenvalue weighted by molar-refractivity contribution is 6.02. The van der Waals surface area contributed by atoms with Crippen LogP contribution >= 0.6 is 0 Å². The smallest absolute Gasteiger partial charge is 0.251 e. The van der Waals surface area contributed by atoms with Crippen molar-refractivity contribution in [1.82, 2.24) is 4.57 Å². The second-order valence-electron chi connectivity index (χ2n) is 7.63. The number of carbonyl (C=O) groups is 1. The van der Waals surface area contributed by atoms with Crippen molar-refractivity contribution in [2.45, 2.75) is 20.4 Å². The number of nitrogens with two attached hydrogens (primary N) is 1. The summed E-state index contributed by atoms with van der Waals surface area (Å²) < 4.78 is 13.6. The molecule has 5 nitrogen and oxygen atoms in total. The van der Waals surface area contributed by atoms with Gasteiger partial charge < -0.3 is 19.8 Å². The van der Waals surface area contributed by atoms with E-state index in [1.54, 1.807) is 7.11 Å². The Kier molecular flexibility index (Phi) is 5.99. The molecular formula is C27H26N2O3. The van der Waals surface area contributed by atoms with Gasteiger partial charge >= 0.3 is 0 Å². The van der Waals surface area contributed by atoms with Crippen molar-refractivity contribution in [1.29, 1.82) is 0 Å². The summed E-state index contributed by atoms with van der Waals surface area (Å²) in [7, 11) is 1.66. The first-order chi connectivity index (χ1) is 15.5. The van der Waals surface area contributed by atoms with Crippen LogP contribution in [-0.2, 0) is 6.54 Å². The highest BCUT2D eigenvalue weighted by Gasteiger charge is 2.23. The largest absolute Gasteiger partial charge is 0.496 e. The summed E-state index contributed by atoms with van der Waals surface area (Å²) in [6.07, 6.45) is 0. The monoisotopic (exact) mass is 426 g/mol. The third-order valence-corrected chi connectivity index (χ3v) is 5.65. The number of hydrogen-bond donors (Lipinski definition) is 1. The Morgan fingerprint density at radius 2 is 1.56 bits per heavy atom. The Labute approximate surface area is 188 Å². The maximum Gasteiger partial charge on any atom is 0.251 e. The Bertz CT molecular complexity index is 1260. The molecule has 0 bridgehead atoms. The van der Waals surface area contributed by atoms with Crippen molar-refractivity contribution >= 4 is 5.91 Å². The van der Waals surface area contributed by atoms with E-state index in [4.69, 9.17) is 15.2 Å². The summed E-state index contributed by atoms with van der Waals surface area (Å²) in [5, 5.41) is 0. The molecule has 162 valence electrons. The van der Waals surface area contributed by atoms with Crippen molar-refractivity contribution in [2.75, 3.05) is 7.11 Å². The maximum atomic E-state index is 12.5. The predicted octanol–water partition coefficient (Wildman–Crippen LogP) is 5.72. The molecule has 2 N–H and O–H groups in total. The Morgan fingerprint density at radius 1 is 0.875 bits per heavy atom. The van der Waals surface area contributed by atoms with Gasteiger partial charge in [0, 0.05) is 22.5 Å². The molecule has 0 aliphatic heterocycles. The highest BCUT2D eigenvalue weighted by atomic mass is 16.5. The van der Waals surface area contributed by atoms with Gasteiger partial charge in [0.15, 0.2) is 0 Å². The summed E-state index contributed by atoms with van der Waals surface area (Å²) >= 11 is 0. The number of aromatic nitrogens is 1. The van der Waals surface area contributed by atoms with Gasteiger partial charge in [-0.1, -0.05) is 48.5 Å². The zero-order valence-electron chi connectivity index (χ0n) is 18.5. The van der Waals surface area contributed by atoms with Crippen LogP contribution in [0.4, 0.5) is 0 Å². The molecule has 3 aromatic carbocycles. The fraction of sp³-hybridized carbons (Fsp3) is 0.148. The van der Waals surface area contributed by atoms with Gasteiger partial charge in [-0.2, -0.15) is 0 Å². The third-order valence-electron chi connectivity index (χ3n) is 5.65. The minimum atomic E-state index is -0.450. The van der Waals surface area contributed by atoms with Gasteiger partial charge in [0.25, 0.3) is 5.91 Å².